The minimum Gasteiger partial charge on any atom is -0.381 e. The molecule has 0 bridgehead atoms. The van der Waals surface area contributed by atoms with Gasteiger partial charge in [-0.3, -0.25) is 4.90 Å². The highest BCUT2D eigenvalue weighted by Gasteiger charge is 2.21. The topological polar surface area (TPSA) is 24.5 Å². The lowest BCUT2D eigenvalue weighted by Crippen LogP contribution is -2.41. The van der Waals surface area contributed by atoms with E-state index in [2.05, 4.69) is 17.1 Å². The fourth-order valence-electron chi connectivity index (χ4n) is 2.84. The summed E-state index contributed by atoms with van der Waals surface area (Å²) >= 11 is 0. The number of hydrogen-bond acceptors (Lipinski definition) is 3. The maximum Gasteiger partial charge on any atom is 0.0507 e. The van der Waals surface area contributed by atoms with Crippen molar-refractivity contribution in [3.05, 3.63) is 0 Å². The van der Waals surface area contributed by atoms with Gasteiger partial charge in [-0.25, -0.2) is 0 Å². The first-order chi connectivity index (χ1) is 7.90. The maximum absolute atomic E-state index is 5.39. The molecule has 0 aromatic carbocycles. The van der Waals surface area contributed by atoms with Gasteiger partial charge in [0.1, 0.15) is 0 Å². The van der Waals surface area contributed by atoms with E-state index in [0.717, 1.165) is 38.3 Å². The summed E-state index contributed by atoms with van der Waals surface area (Å²) in [5, 5.41) is 3.63. The zero-order valence-electron chi connectivity index (χ0n) is 10.6. The van der Waals surface area contributed by atoms with Crippen LogP contribution >= 0.6 is 0 Å². The molecule has 94 valence electrons. The minimum atomic E-state index is 0.754. The molecule has 2 aliphatic rings. The van der Waals surface area contributed by atoms with Crippen LogP contribution in [0.25, 0.3) is 0 Å². The highest BCUT2D eigenvalue weighted by molar-refractivity contribution is 4.78. The molecule has 2 heterocycles. The molecule has 2 aliphatic heterocycles. The monoisotopic (exact) mass is 226 g/mol. The van der Waals surface area contributed by atoms with Crippen molar-refractivity contribution in [2.75, 3.05) is 39.4 Å². The smallest absolute Gasteiger partial charge is 0.0507 e. The van der Waals surface area contributed by atoms with Crippen LogP contribution in [0, 0.1) is 5.92 Å². The summed E-state index contributed by atoms with van der Waals surface area (Å²) in [5.41, 5.74) is 0. The van der Waals surface area contributed by atoms with Crippen molar-refractivity contribution in [1.82, 2.24) is 10.2 Å². The first-order valence-electron chi connectivity index (χ1n) is 6.92. The quantitative estimate of drug-likeness (QED) is 0.742. The summed E-state index contributed by atoms with van der Waals surface area (Å²) in [5.74, 6) is 0.760. The minimum absolute atomic E-state index is 0.754. The van der Waals surface area contributed by atoms with Crippen LogP contribution in [-0.2, 0) is 4.74 Å². The second-order valence-corrected chi connectivity index (χ2v) is 5.19. The van der Waals surface area contributed by atoms with Gasteiger partial charge < -0.3 is 10.1 Å². The molecule has 0 aromatic heterocycles. The average Bonchev–Trinajstić information content (AvgIpc) is 2.96. The summed E-state index contributed by atoms with van der Waals surface area (Å²) in [4.78, 5) is 2.65. The predicted octanol–water partition coefficient (Wildman–Crippen LogP) is 1.49. The van der Waals surface area contributed by atoms with Crippen molar-refractivity contribution in [2.24, 2.45) is 5.92 Å². The Labute approximate surface area is 99.5 Å². The molecule has 2 unspecified atom stereocenters. The van der Waals surface area contributed by atoms with Crippen LogP contribution in [0.3, 0.4) is 0 Å². The third kappa shape index (κ3) is 3.44. The third-order valence-corrected chi connectivity index (χ3v) is 3.97. The van der Waals surface area contributed by atoms with Gasteiger partial charge in [0.05, 0.1) is 6.61 Å². The lowest BCUT2D eigenvalue weighted by atomic mass is 10.1. The highest BCUT2D eigenvalue weighted by Crippen LogP contribution is 2.14. The van der Waals surface area contributed by atoms with Crippen LogP contribution in [0.2, 0.25) is 0 Å². The number of hydrogen-bond donors (Lipinski definition) is 1. The standard InChI is InChI=1S/C13H26N2O/c1-2-13(15-6-3-4-7-15)10-14-9-12-5-8-16-11-12/h12-14H,2-11H2,1H3. The fraction of sp³-hybridized carbons (Fsp3) is 1.00. The van der Waals surface area contributed by atoms with Crippen molar-refractivity contribution >= 4 is 0 Å². The Morgan fingerprint density at radius 3 is 2.81 bits per heavy atom. The van der Waals surface area contributed by atoms with E-state index in [1.54, 1.807) is 0 Å². The fourth-order valence-corrected chi connectivity index (χ4v) is 2.84. The van der Waals surface area contributed by atoms with Gasteiger partial charge >= 0.3 is 0 Å². The van der Waals surface area contributed by atoms with Crippen molar-refractivity contribution in [3.63, 3.8) is 0 Å². The summed E-state index contributed by atoms with van der Waals surface area (Å²) in [7, 11) is 0. The van der Waals surface area contributed by atoms with E-state index in [9.17, 15) is 0 Å². The van der Waals surface area contributed by atoms with Crippen LogP contribution in [0.1, 0.15) is 32.6 Å². The largest absolute Gasteiger partial charge is 0.381 e. The molecule has 3 heteroatoms. The van der Waals surface area contributed by atoms with Crippen LogP contribution in [-0.4, -0.2) is 50.3 Å². The van der Waals surface area contributed by atoms with Crippen molar-refractivity contribution in [3.8, 4) is 0 Å². The molecule has 1 N–H and O–H groups in total. The zero-order chi connectivity index (χ0) is 11.2. The Morgan fingerprint density at radius 2 is 2.19 bits per heavy atom. The maximum atomic E-state index is 5.39. The lowest BCUT2D eigenvalue weighted by Gasteiger charge is -2.27. The van der Waals surface area contributed by atoms with E-state index in [1.165, 1.54) is 38.8 Å². The van der Waals surface area contributed by atoms with Crippen LogP contribution in [0.4, 0.5) is 0 Å². The summed E-state index contributed by atoms with van der Waals surface area (Å²) < 4.78 is 5.39. The number of rotatable bonds is 6. The second-order valence-electron chi connectivity index (χ2n) is 5.19. The Kier molecular flexibility index (Phi) is 5.07. The normalized spacial score (nSPS) is 28.7. The molecule has 2 fully saturated rings. The molecule has 0 amide bonds. The lowest BCUT2D eigenvalue weighted by molar-refractivity contribution is 0.183. The van der Waals surface area contributed by atoms with Crippen LogP contribution in [0.15, 0.2) is 0 Å². The first-order valence-corrected chi connectivity index (χ1v) is 6.92. The Hall–Kier alpha value is -0.120. The van der Waals surface area contributed by atoms with Crippen LogP contribution < -0.4 is 5.32 Å². The van der Waals surface area contributed by atoms with Crippen LogP contribution in [0.5, 0.6) is 0 Å². The van der Waals surface area contributed by atoms with Gasteiger partial charge in [-0.2, -0.15) is 0 Å². The van der Waals surface area contributed by atoms with Crippen molar-refractivity contribution in [2.45, 2.75) is 38.6 Å². The second kappa shape index (κ2) is 6.58. The SMILES string of the molecule is CCC(CNCC1CCOC1)N1CCCC1. The van der Waals surface area contributed by atoms with Gasteiger partial charge in [-0.05, 0) is 44.7 Å². The Morgan fingerprint density at radius 1 is 1.38 bits per heavy atom. The van der Waals surface area contributed by atoms with E-state index in [-0.39, 0.29) is 0 Å². The third-order valence-electron chi connectivity index (χ3n) is 3.97. The molecular weight excluding hydrogens is 200 g/mol. The Balaban J connectivity index is 1.62. The van der Waals surface area contributed by atoms with Gasteiger partial charge in [0.15, 0.2) is 0 Å². The van der Waals surface area contributed by atoms with Crippen molar-refractivity contribution < 1.29 is 4.74 Å². The Bertz CT molecular complexity index is 186. The number of nitrogens with zero attached hydrogens (tertiary/aromatic N) is 1. The van der Waals surface area contributed by atoms with E-state index in [0.29, 0.717) is 0 Å². The van der Waals surface area contributed by atoms with Gasteiger partial charge in [-0.1, -0.05) is 6.92 Å². The number of likely N-dealkylation sites (tertiary alicyclic amines) is 1. The van der Waals surface area contributed by atoms with Gasteiger partial charge in [0, 0.05) is 25.7 Å². The summed E-state index contributed by atoms with van der Waals surface area (Å²) in [6, 6.07) is 0.754. The number of nitrogens with one attached hydrogen (secondary N) is 1. The van der Waals surface area contributed by atoms with E-state index in [1.807, 2.05) is 0 Å². The molecule has 0 aliphatic carbocycles. The molecule has 2 saturated heterocycles. The molecule has 16 heavy (non-hydrogen) atoms. The predicted molar refractivity (Wildman–Crippen MR) is 66.7 cm³/mol. The molecule has 3 nitrogen and oxygen atoms in total. The van der Waals surface area contributed by atoms with E-state index >= 15 is 0 Å². The van der Waals surface area contributed by atoms with E-state index < -0.39 is 0 Å². The summed E-state index contributed by atoms with van der Waals surface area (Å²) in [6.07, 6.45) is 5.31. The molecule has 0 aromatic rings. The summed E-state index contributed by atoms with van der Waals surface area (Å²) in [6.45, 7) is 9.17. The van der Waals surface area contributed by atoms with Gasteiger partial charge in [-0.15, -0.1) is 0 Å². The molecule has 0 spiro atoms. The number of ether oxygens (including phenoxy) is 1. The van der Waals surface area contributed by atoms with Gasteiger partial charge in [0.25, 0.3) is 0 Å². The molecule has 2 rings (SSSR count). The zero-order valence-corrected chi connectivity index (χ0v) is 10.6. The molecule has 0 saturated carbocycles. The average molecular weight is 226 g/mol. The molecule has 0 radical (unpaired) electrons. The first kappa shape index (κ1) is 12.3. The molecule has 2 atom stereocenters. The van der Waals surface area contributed by atoms with Gasteiger partial charge in [0.2, 0.25) is 0 Å². The molecular formula is C13H26N2O. The highest BCUT2D eigenvalue weighted by atomic mass is 16.5. The van der Waals surface area contributed by atoms with Crippen molar-refractivity contribution in [1.29, 1.82) is 0 Å². The van der Waals surface area contributed by atoms with E-state index in [4.69, 9.17) is 4.74 Å².